The Morgan fingerprint density at radius 3 is 1.17 bits per heavy atom. The molecule has 0 aliphatic carbocycles. The van der Waals surface area contributed by atoms with Gasteiger partial charge in [-0.15, -0.1) is 0 Å². The van der Waals surface area contributed by atoms with Crippen LogP contribution in [0.2, 0.25) is 0 Å². The van der Waals surface area contributed by atoms with Gasteiger partial charge in [0, 0.05) is 27.1 Å². The van der Waals surface area contributed by atoms with E-state index in [1.807, 2.05) is 0 Å². The highest BCUT2D eigenvalue weighted by Crippen LogP contribution is 2.50. The molecule has 0 aromatic heterocycles. The first-order valence-electron chi connectivity index (χ1n) is 12.7. The molecule has 2 saturated heterocycles. The lowest BCUT2D eigenvalue weighted by Gasteiger charge is -2.46. The van der Waals surface area contributed by atoms with Crippen molar-refractivity contribution in [1.29, 1.82) is 0 Å². The van der Waals surface area contributed by atoms with Crippen molar-refractivity contribution in [2.24, 2.45) is 39.9 Å². The lowest BCUT2D eigenvalue weighted by atomic mass is 9.59. The van der Waals surface area contributed by atoms with Crippen LogP contribution in [0.5, 0.6) is 0 Å². The Morgan fingerprint density at radius 1 is 0.567 bits per heavy atom. The zero-order valence-electron chi connectivity index (χ0n) is 22.3. The summed E-state index contributed by atoms with van der Waals surface area (Å²) in [6.45, 7) is 28.0. The number of likely N-dealkylation sites (tertiary alicyclic amines) is 2. The molecule has 0 aromatic rings. The quantitative estimate of drug-likeness (QED) is 0.338. The zero-order chi connectivity index (χ0) is 23.1. The fourth-order valence-electron chi connectivity index (χ4n) is 6.85. The summed E-state index contributed by atoms with van der Waals surface area (Å²) in [7, 11) is 4.83. The second-order valence-corrected chi connectivity index (χ2v) is 17.6. The average molecular weight is 535 g/mol. The van der Waals surface area contributed by atoms with Gasteiger partial charge < -0.3 is 9.80 Å². The van der Waals surface area contributed by atoms with Gasteiger partial charge in [0.2, 0.25) is 0 Å². The third-order valence-corrected chi connectivity index (χ3v) is 9.22. The van der Waals surface area contributed by atoms with Gasteiger partial charge >= 0.3 is 0 Å². The first kappa shape index (κ1) is 26.9. The number of alkyl halides is 1. The predicted molar refractivity (Wildman–Crippen MR) is 141 cm³/mol. The van der Waals surface area contributed by atoms with Crippen molar-refractivity contribution in [2.75, 3.05) is 40.3 Å². The van der Waals surface area contributed by atoms with Crippen LogP contribution in [0.25, 0.3) is 0 Å². The van der Waals surface area contributed by atoms with E-state index in [4.69, 9.17) is 0 Å². The molecule has 30 heavy (non-hydrogen) atoms. The van der Waals surface area contributed by atoms with Crippen molar-refractivity contribution >= 4 is 22.6 Å². The summed E-state index contributed by atoms with van der Waals surface area (Å²) in [5.74, 6) is 3.56. The van der Waals surface area contributed by atoms with Crippen molar-refractivity contribution in [2.45, 2.75) is 91.4 Å². The molecule has 0 amide bonds. The van der Waals surface area contributed by atoms with Gasteiger partial charge in [-0.3, -0.25) is 0 Å². The highest BCUT2D eigenvalue weighted by atomic mass is 127. The highest BCUT2D eigenvalue weighted by Gasteiger charge is 2.47. The zero-order valence-corrected chi connectivity index (χ0v) is 24.5. The van der Waals surface area contributed by atoms with E-state index in [1.54, 1.807) is 9.80 Å². The summed E-state index contributed by atoms with van der Waals surface area (Å²) in [5.41, 5.74) is 1.22. The van der Waals surface area contributed by atoms with Crippen LogP contribution in [-0.2, 0) is 0 Å². The third kappa shape index (κ3) is 7.61. The van der Waals surface area contributed by atoms with E-state index < -0.39 is 0 Å². The molecule has 2 N–H and O–H groups in total. The molecular formula is C27H55IN2+2. The number of rotatable bonds is 8. The molecule has 0 radical (unpaired) electrons. The van der Waals surface area contributed by atoms with Gasteiger partial charge in [-0.2, -0.15) is 0 Å². The van der Waals surface area contributed by atoms with Gasteiger partial charge in [-0.25, -0.2) is 0 Å². The lowest BCUT2D eigenvalue weighted by Crippen LogP contribution is -3.07. The summed E-state index contributed by atoms with van der Waals surface area (Å²) < 4.78 is 0.419. The van der Waals surface area contributed by atoms with Crippen LogP contribution in [0.15, 0.2) is 0 Å². The van der Waals surface area contributed by atoms with Gasteiger partial charge in [-0.1, -0.05) is 84.9 Å². The number of nitrogens with one attached hydrogen (secondary N) is 2. The summed E-state index contributed by atoms with van der Waals surface area (Å²) in [6.07, 6.45) is 5.55. The Morgan fingerprint density at radius 2 is 0.867 bits per heavy atom. The van der Waals surface area contributed by atoms with Crippen LogP contribution < -0.4 is 9.80 Å². The Labute approximate surface area is 203 Å². The summed E-state index contributed by atoms with van der Waals surface area (Å²) in [6, 6.07) is 0. The molecule has 3 heteroatoms. The van der Waals surface area contributed by atoms with E-state index in [0.29, 0.717) is 19.7 Å². The van der Waals surface area contributed by atoms with Crippen LogP contribution in [0.1, 0.15) is 88.0 Å². The molecule has 2 fully saturated rings. The van der Waals surface area contributed by atoms with Crippen molar-refractivity contribution in [3.63, 3.8) is 0 Å². The molecule has 2 aliphatic rings. The summed E-state index contributed by atoms with van der Waals surface area (Å²) >= 11 is 2.67. The maximum Gasteiger partial charge on any atom is 0.0802 e. The van der Waals surface area contributed by atoms with E-state index >= 15 is 0 Å². The predicted octanol–water partition coefficient (Wildman–Crippen LogP) is 4.38. The Bertz CT molecular complexity index is 504. The molecule has 2 aliphatic heterocycles. The van der Waals surface area contributed by atoms with Crippen LogP contribution in [0.3, 0.4) is 0 Å². The molecule has 0 bridgehead atoms. The van der Waals surface area contributed by atoms with Gasteiger partial charge in [0.25, 0.3) is 0 Å². The Kier molecular flexibility index (Phi) is 8.51. The molecule has 0 spiro atoms. The van der Waals surface area contributed by atoms with Crippen LogP contribution in [-0.4, -0.2) is 43.7 Å². The first-order valence-corrected chi connectivity index (χ1v) is 13.8. The molecule has 0 aromatic carbocycles. The fraction of sp³-hybridized carbons (Fsp3) is 1.00. The van der Waals surface area contributed by atoms with E-state index in [0.717, 1.165) is 23.7 Å². The largest absolute Gasteiger partial charge is 0.337 e. The minimum Gasteiger partial charge on any atom is -0.337 e. The second kappa shape index (κ2) is 9.49. The van der Waals surface area contributed by atoms with E-state index in [-0.39, 0.29) is 0 Å². The summed E-state index contributed by atoms with van der Waals surface area (Å²) in [5, 5.41) is 0. The molecule has 2 nitrogen and oxygen atoms in total. The molecular weight excluding hydrogens is 479 g/mol. The van der Waals surface area contributed by atoms with Crippen molar-refractivity contribution in [3.05, 3.63) is 0 Å². The van der Waals surface area contributed by atoms with E-state index in [9.17, 15) is 0 Å². The molecule has 178 valence electrons. The normalized spacial score (nSPS) is 34.0. The fourth-order valence-corrected chi connectivity index (χ4v) is 7.42. The monoisotopic (exact) mass is 534 g/mol. The Balaban J connectivity index is 2.09. The van der Waals surface area contributed by atoms with Crippen molar-refractivity contribution in [1.82, 2.24) is 0 Å². The second-order valence-electron chi connectivity index (χ2n) is 14.6. The average Bonchev–Trinajstić information content (AvgIpc) is 2.97. The smallest absolute Gasteiger partial charge is 0.0802 e. The topological polar surface area (TPSA) is 8.88 Å². The van der Waals surface area contributed by atoms with Gasteiger partial charge in [-0.05, 0) is 41.9 Å². The lowest BCUT2D eigenvalue weighted by molar-refractivity contribution is -0.869. The van der Waals surface area contributed by atoms with Crippen LogP contribution in [0, 0.1) is 39.9 Å². The Hall–Kier alpha value is 0.650. The van der Waals surface area contributed by atoms with E-state index in [2.05, 4.69) is 99.0 Å². The molecule has 2 rings (SSSR count). The molecule has 2 heterocycles. The minimum atomic E-state index is 0.388. The van der Waals surface area contributed by atoms with Crippen molar-refractivity contribution in [3.8, 4) is 0 Å². The van der Waals surface area contributed by atoms with Crippen LogP contribution in [0.4, 0.5) is 0 Å². The van der Waals surface area contributed by atoms with E-state index in [1.165, 1.54) is 51.9 Å². The number of hydrogen-bond donors (Lipinski definition) is 2. The molecule has 6 atom stereocenters. The maximum atomic E-state index is 2.67. The minimum absolute atomic E-state index is 0.388. The first-order chi connectivity index (χ1) is 13.4. The highest BCUT2D eigenvalue weighted by molar-refractivity contribution is 14.1. The van der Waals surface area contributed by atoms with Crippen molar-refractivity contribution < 1.29 is 9.80 Å². The molecule has 6 unspecified atom stereocenters. The maximum absolute atomic E-state index is 2.67. The van der Waals surface area contributed by atoms with Crippen LogP contribution >= 0.6 is 22.6 Å². The third-order valence-electron chi connectivity index (χ3n) is 8.78. The standard InChI is InChI=1S/C27H53IN2/c1-24(2,3)12-20-16-29(10)17-21(20)13-25(4,5)26(6,7)14-22-18-30(11)19-23(22)15-27(8,9)28/h20-23H,12-19H2,1-11H3/p+2. The van der Waals surface area contributed by atoms with Gasteiger partial charge in [0.05, 0.1) is 40.3 Å². The SMILES string of the molecule is C[NH+]1CC(CC(C)(C)C)C(CC(C)(C)C(C)(C)CC2C[NH+](C)CC2CC(C)(C)I)C1. The summed E-state index contributed by atoms with van der Waals surface area (Å²) in [4.78, 5) is 3.51. The molecule has 0 saturated carbocycles. The number of halogens is 1. The van der Waals surface area contributed by atoms with Gasteiger partial charge in [0.15, 0.2) is 0 Å². The number of hydrogen-bond acceptors (Lipinski definition) is 0. The van der Waals surface area contributed by atoms with Gasteiger partial charge in [0.1, 0.15) is 0 Å². The number of quaternary nitrogens is 2.